The van der Waals surface area contributed by atoms with Crippen LogP contribution in [0, 0.1) is 5.92 Å². The molecule has 142 valence electrons. The van der Waals surface area contributed by atoms with E-state index in [0.717, 1.165) is 30.6 Å². The molecule has 1 fully saturated rings. The monoisotopic (exact) mass is 395 g/mol. The first-order valence-corrected chi connectivity index (χ1v) is 9.64. The van der Waals surface area contributed by atoms with Crippen LogP contribution in [-0.4, -0.2) is 30.1 Å². The Morgan fingerprint density at radius 3 is 2.85 bits per heavy atom. The number of anilines is 1. The molecule has 0 aliphatic carbocycles. The van der Waals surface area contributed by atoms with Gasteiger partial charge in [-0.05, 0) is 36.3 Å². The molecule has 1 atom stereocenters. The van der Waals surface area contributed by atoms with E-state index in [1.165, 1.54) is 22.5 Å². The molecule has 3 rings (SSSR count). The summed E-state index contributed by atoms with van der Waals surface area (Å²) in [5, 5.41) is 3.49. The van der Waals surface area contributed by atoms with E-state index in [1.54, 1.807) is 0 Å². The molecule has 1 amide bonds. The maximum Gasteiger partial charge on any atom is 0.243 e. The topological polar surface area (TPSA) is 77.2 Å². The Morgan fingerprint density at radius 1 is 1.38 bits per heavy atom. The van der Waals surface area contributed by atoms with Crippen molar-refractivity contribution in [3.8, 4) is 0 Å². The van der Waals surface area contributed by atoms with Crippen LogP contribution in [0.1, 0.15) is 35.8 Å². The molecule has 1 aromatic carbocycles. The molecule has 0 bridgehead atoms. The number of hydrogen-bond donors (Lipinski definition) is 2. The Bertz CT molecular complexity index is 716. The summed E-state index contributed by atoms with van der Waals surface area (Å²) in [7, 11) is 0. The van der Waals surface area contributed by atoms with Gasteiger partial charge in [-0.15, -0.1) is 23.7 Å². The van der Waals surface area contributed by atoms with Gasteiger partial charge in [0.25, 0.3) is 0 Å². The minimum absolute atomic E-state index is 0. The van der Waals surface area contributed by atoms with Crippen molar-refractivity contribution >= 4 is 34.8 Å². The zero-order valence-electron chi connectivity index (χ0n) is 14.9. The van der Waals surface area contributed by atoms with Crippen LogP contribution in [0.25, 0.3) is 0 Å². The lowest BCUT2D eigenvalue weighted by molar-refractivity contribution is -0.119. The average Bonchev–Trinajstić information content (AvgIpc) is 3.08. The minimum Gasteiger partial charge on any atom is -0.381 e. The molecule has 0 radical (unpaired) electrons. The third-order valence-corrected chi connectivity index (χ3v) is 5.55. The van der Waals surface area contributed by atoms with E-state index in [1.807, 2.05) is 6.20 Å². The molecule has 1 saturated heterocycles. The van der Waals surface area contributed by atoms with Gasteiger partial charge >= 0.3 is 0 Å². The molecule has 2 heterocycles. The fourth-order valence-electron chi connectivity index (χ4n) is 3.09. The van der Waals surface area contributed by atoms with Crippen molar-refractivity contribution in [3.05, 3.63) is 46.5 Å². The van der Waals surface area contributed by atoms with Gasteiger partial charge in [-0.1, -0.05) is 31.2 Å². The quantitative estimate of drug-likeness (QED) is 0.785. The van der Waals surface area contributed by atoms with Crippen LogP contribution in [0.2, 0.25) is 0 Å². The van der Waals surface area contributed by atoms with Crippen LogP contribution >= 0.6 is 23.7 Å². The summed E-state index contributed by atoms with van der Waals surface area (Å²) in [6.07, 6.45) is 5.37. The molecule has 0 spiro atoms. The molecule has 3 N–H and O–H groups in total. The van der Waals surface area contributed by atoms with Gasteiger partial charge in [0.1, 0.15) is 0 Å². The molecule has 1 aromatic heterocycles. The lowest BCUT2D eigenvalue weighted by Gasteiger charge is -2.26. The maximum atomic E-state index is 12.4. The summed E-state index contributed by atoms with van der Waals surface area (Å²) < 4.78 is 5.33. The van der Waals surface area contributed by atoms with Gasteiger partial charge < -0.3 is 15.8 Å². The summed E-state index contributed by atoms with van der Waals surface area (Å²) in [6.45, 7) is 3.52. The van der Waals surface area contributed by atoms with Crippen LogP contribution in [0.5, 0.6) is 0 Å². The van der Waals surface area contributed by atoms with Crippen molar-refractivity contribution in [2.24, 2.45) is 11.7 Å². The Hall–Kier alpha value is -1.47. The average molecular weight is 396 g/mol. The number of hydrogen-bond acceptors (Lipinski definition) is 5. The molecular weight excluding hydrogens is 370 g/mol. The third kappa shape index (κ3) is 5.51. The Labute approximate surface area is 164 Å². The minimum atomic E-state index is -0.502. The highest BCUT2D eigenvalue weighted by Crippen LogP contribution is 2.23. The highest BCUT2D eigenvalue weighted by Gasteiger charge is 2.27. The number of carbonyl (C=O) groups is 1. The number of aromatic nitrogens is 1. The second kappa shape index (κ2) is 10.0. The standard InChI is InChI=1S/C19H25N3O2S.ClH/c1-2-13-4-3-5-14(10-13)11-16-12-21-19(25-16)22-18(23)17(20)15-6-8-24-9-7-15;/h3-5,10,12,15,17H,2,6-9,11,20H2,1H3,(H,21,22,23);1H. The SMILES string of the molecule is CCc1cccc(Cc2cnc(NC(=O)C(N)C3CCOCC3)s2)c1.Cl. The zero-order valence-corrected chi connectivity index (χ0v) is 16.6. The van der Waals surface area contributed by atoms with Gasteiger partial charge in [-0.2, -0.15) is 0 Å². The predicted octanol–water partition coefficient (Wildman–Crippen LogP) is 3.41. The molecule has 26 heavy (non-hydrogen) atoms. The first-order valence-electron chi connectivity index (χ1n) is 8.82. The second-order valence-corrected chi connectivity index (χ2v) is 7.56. The first-order chi connectivity index (χ1) is 12.2. The van der Waals surface area contributed by atoms with E-state index in [4.69, 9.17) is 10.5 Å². The summed E-state index contributed by atoms with van der Waals surface area (Å²) in [5.74, 6) is 0.0331. The van der Waals surface area contributed by atoms with Crippen LogP contribution in [0.15, 0.2) is 30.5 Å². The zero-order chi connectivity index (χ0) is 17.6. The highest BCUT2D eigenvalue weighted by molar-refractivity contribution is 7.15. The van der Waals surface area contributed by atoms with E-state index in [2.05, 4.69) is 41.5 Å². The van der Waals surface area contributed by atoms with Crippen molar-refractivity contribution in [2.75, 3.05) is 18.5 Å². The van der Waals surface area contributed by atoms with Gasteiger partial charge in [0.15, 0.2) is 5.13 Å². The largest absolute Gasteiger partial charge is 0.381 e. The van der Waals surface area contributed by atoms with Gasteiger partial charge in [0.05, 0.1) is 6.04 Å². The van der Waals surface area contributed by atoms with Crippen molar-refractivity contribution in [1.82, 2.24) is 4.98 Å². The highest BCUT2D eigenvalue weighted by atomic mass is 35.5. The van der Waals surface area contributed by atoms with Crippen LogP contribution < -0.4 is 11.1 Å². The number of amides is 1. The summed E-state index contributed by atoms with van der Waals surface area (Å²) >= 11 is 1.51. The number of nitrogens with two attached hydrogens (primary N) is 1. The van der Waals surface area contributed by atoms with Crippen molar-refractivity contribution in [2.45, 2.75) is 38.6 Å². The Balaban J connectivity index is 0.00000243. The lowest BCUT2D eigenvalue weighted by Crippen LogP contribution is -2.43. The smallest absolute Gasteiger partial charge is 0.243 e. The Morgan fingerprint density at radius 2 is 2.12 bits per heavy atom. The molecule has 5 nitrogen and oxygen atoms in total. The van der Waals surface area contributed by atoms with Gasteiger partial charge in [0.2, 0.25) is 5.91 Å². The van der Waals surface area contributed by atoms with E-state index in [0.29, 0.717) is 18.3 Å². The fraction of sp³-hybridized carbons (Fsp3) is 0.474. The second-order valence-electron chi connectivity index (χ2n) is 6.45. The number of nitrogens with one attached hydrogen (secondary N) is 1. The molecule has 7 heteroatoms. The van der Waals surface area contributed by atoms with E-state index >= 15 is 0 Å². The molecule has 1 unspecified atom stereocenters. The van der Waals surface area contributed by atoms with E-state index in [-0.39, 0.29) is 24.2 Å². The van der Waals surface area contributed by atoms with Crippen LogP contribution in [0.4, 0.5) is 5.13 Å². The van der Waals surface area contributed by atoms with Gasteiger partial charge in [-0.25, -0.2) is 4.98 Å². The van der Waals surface area contributed by atoms with Crippen LogP contribution in [0.3, 0.4) is 0 Å². The van der Waals surface area contributed by atoms with Crippen molar-refractivity contribution < 1.29 is 9.53 Å². The van der Waals surface area contributed by atoms with E-state index < -0.39 is 6.04 Å². The van der Waals surface area contributed by atoms with Crippen molar-refractivity contribution in [1.29, 1.82) is 0 Å². The van der Waals surface area contributed by atoms with Crippen molar-refractivity contribution in [3.63, 3.8) is 0 Å². The summed E-state index contributed by atoms with van der Waals surface area (Å²) in [4.78, 5) is 17.8. The summed E-state index contributed by atoms with van der Waals surface area (Å²) in [6, 6.07) is 8.07. The van der Waals surface area contributed by atoms with Gasteiger partial charge in [-0.3, -0.25) is 4.79 Å². The molecule has 0 saturated carbocycles. The number of nitrogens with zero attached hydrogens (tertiary/aromatic N) is 1. The number of benzene rings is 1. The third-order valence-electron chi connectivity index (χ3n) is 4.64. The molecule has 2 aromatic rings. The summed E-state index contributed by atoms with van der Waals surface area (Å²) in [5.41, 5.74) is 8.71. The molecule has 1 aliphatic heterocycles. The van der Waals surface area contributed by atoms with Gasteiger partial charge in [0, 0.05) is 30.7 Å². The molecular formula is C19H26ClN3O2S. The van der Waals surface area contributed by atoms with E-state index in [9.17, 15) is 4.79 Å². The fourth-order valence-corrected chi connectivity index (χ4v) is 3.94. The number of halogens is 1. The van der Waals surface area contributed by atoms with Crippen LogP contribution in [-0.2, 0) is 22.4 Å². The maximum absolute atomic E-state index is 12.4. The number of carbonyl (C=O) groups excluding carboxylic acids is 1. The molecule has 1 aliphatic rings. The number of thiazole rings is 1. The Kier molecular flexibility index (Phi) is 8.03. The number of aryl methyl sites for hydroxylation is 1. The first kappa shape index (κ1) is 20.8. The number of rotatable bonds is 6. The number of ether oxygens (including phenoxy) is 1. The lowest BCUT2D eigenvalue weighted by atomic mass is 9.92. The normalized spacial score (nSPS) is 15.9. The predicted molar refractivity (Wildman–Crippen MR) is 108 cm³/mol.